The minimum absolute atomic E-state index is 0.0582. The normalized spacial score (nSPS) is 10.7. The van der Waals surface area contributed by atoms with Crippen molar-refractivity contribution in [3.63, 3.8) is 0 Å². The maximum Gasteiger partial charge on any atom is 0.291 e. The molecule has 5 nitrogen and oxygen atoms in total. The summed E-state index contributed by atoms with van der Waals surface area (Å²) in [5, 5.41) is 6.20. The molecule has 0 aliphatic rings. The van der Waals surface area contributed by atoms with Gasteiger partial charge in [0.1, 0.15) is 5.76 Å². The van der Waals surface area contributed by atoms with Crippen LogP contribution in [0.3, 0.4) is 0 Å². The molecule has 1 aromatic heterocycles. The number of benzene rings is 2. The number of hydrogen-bond donors (Lipinski definition) is 2. The molecule has 0 aliphatic carbocycles. The monoisotopic (exact) mass is 382 g/mol. The summed E-state index contributed by atoms with van der Waals surface area (Å²) in [4.78, 5) is 24.1. The van der Waals surface area contributed by atoms with E-state index in [1.54, 1.807) is 48.5 Å². The summed E-state index contributed by atoms with van der Waals surface area (Å²) < 4.78 is 5.63. The Labute approximate surface area is 162 Å². The molecule has 0 radical (unpaired) electrons. The van der Waals surface area contributed by atoms with Crippen molar-refractivity contribution >= 4 is 34.8 Å². The van der Waals surface area contributed by atoms with Gasteiger partial charge in [0.2, 0.25) is 5.91 Å². The molecule has 0 spiro atoms. The average Bonchev–Trinajstić information content (AvgIpc) is 3.14. The van der Waals surface area contributed by atoms with Crippen molar-refractivity contribution in [1.82, 2.24) is 0 Å². The number of rotatable bonds is 5. The smallest absolute Gasteiger partial charge is 0.291 e. The van der Waals surface area contributed by atoms with Crippen LogP contribution in [0.15, 0.2) is 65.1 Å². The van der Waals surface area contributed by atoms with Crippen molar-refractivity contribution in [3.8, 4) is 11.3 Å². The molecular weight excluding hydrogens is 364 g/mol. The highest BCUT2D eigenvalue weighted by molar-refractivity contribution is 6.30. The number of halogens is 1. The predicted molar refractivity (Wildman–Crippen MR) is 107 cm³/mol. The van der Waals surface area contributed by atoms with Crippen molar-refractivity contribution in [1.29, 1.82) is 0 Å². The van der Waals surface area contributed by atoms with Crippen LogP contribution in [0.1, 0.15) is 24.4 Å². The lowest BCUT2D eigenvalue weighted by Crippen LogP contribution is -2.17. The van der Waals surface area contributed by atoms with Crippen LogP contribution < -0.4 is 10.6 Å². The first-order valence-electron chi connectivity index (χ1n) is 8.50. The van der Waals surface area contributed by atoms with Crippen molar-refractivity contribution in [3.05, 3.63) is 71.4 Å². The van der Waals surface area contributed by atoms with Crippen LogP contribution in [0.2, 0.25) is 5.02 Å². The van der Waals surface area contributed by atoms with Crippen LogP contribution in [-0.4, -0.2) is 11.8 Å². The highest BCUT2D eigenvalue weighted by Crippen LogP contribution is 2.24. The van der Waals surface area contributed by atoms with E-state index in [4.69, 9.17) is 16.0 Å². The van der Waals surface area contributed by atoms with Gasteiger partial charge in [-0.3, -0.25) is 9.59 Å². The third-order valence-corrected chi connectivity index (χ3v) is 4.15. The van der Waals surface area contributed by atoms with Crippen molar-refractivity contribution in [2.75, 3.05) is 10.6 Å². The average molecular weight is 383 g/mol. The Morgan fingerprint density at radius 3 is 2.04 bits per heavy atom. The number of carbonyl (C=O) groups is 2. The highest BCUT2D eigenvalue weighted by atomic mass is 35.5. The molecule has 0 saturated heterocycles. The first kappa shape index (κ1) is 18.7. The lowest BCUT2D eigenvalue weighted by molar-refractivity contribution is -0.118. The second-order valence-electron chi connectivity index (χ2n) is 6.35. The van der Waals surface area contributed by atoms with E-state index in [9.17, 15) is 9.59 Å². The van der Waals surface area contributed by atoms with E-state index in [2.05, 4.69) is 10.6 Å². The molecular formula is C21H19ClN2O3. The fourth-order valence-electron chi connectivity index (χ4n) is 2.35. The Kier molecular flexibility index (Phi) is 5.62. The molecule has 0 atom stereocenters. The minimum Gasteiger partial charge on any atom is -0.451 e. The lowest BCUT2D eigenvalue weighted by Gasteiger charge is -2.09. The SMILES string of the molecule is CC(C)C(=O)Nc1ccc(NC(=O)c2ccc(-c3ccc(Cl)cc3)o2)cc1. The molecule has 2 aromatic carbocycles. The summed E-state index contributed by atoms with van der Waals surface area (Å²) in [6.07, 6.45) is 0. The van der Waals surface area contributed by atoms with E-state index in [1.165, 1.54) is 0 Å². The Balaban J connectivity index is 1.65. The maximum atomic E-state index is 12.4. The van der Waals surface area contributed by atoms with E-state index in [-0.39, 0.29) is 23.5 Å². The van der Waals surface area contributed by atoms with Crippen LogP contribution in [0.25, 0.3) is 11.3 Å². The number of amides is 2. The number of nitrogens with one attached hydrogen (secondary N) is 2. The molecule has 3 rings (SSSR count). The molecule has 0 fully saturated rings. The minimum atomic E-state index is -0.353. The van der Waals surface area contributed by atoms with Gasteiger partial charge in [0.15, 0.2) is 5.76 Å². The van der Waals surface area contributed by atoms with E-state index in [0.29, 0.717) is 22.2 Å². The summed E-state index contributed by atoms with van der Waals surface area (Å²) >= 11 is 5.88. The fraction of sp³-hybridized carbons (Fsp3) is 0.143. The molecule has 2 N–H and O–H groups in total. The third-order valence-electron chi connectivity index (χ3n) is 3.89. The lowest BCUT2D eigenvalue weighted by atomic mass is 10.2. The largest absolute Gasteiger partial charge is 0.451 e. The van der Waals surface area contributed by atoms with Crippen LogP contribution in [0.5, 0.6) is 0 Å². The second kappa shape index (κ2) is 8.10. The molecule has 3 aromatic rings. The predicted octanol–water partition coefficient (Wildman–Crippen LogP) is 5.45. The van der Waals surface area contributed by atoms with E-state index in [1.807, 2.05) is 26.0 Å². The first-order valence-corrected chi connectivity index (χ1v) is 8.88. The van der Waals surface area contributed by atoms with Crippen molar-refractivity contribution < 1.29 is 14.0 Å². The van der Waals surface area contributed by atoms with Gasteiger partial charge in [-0.1, -0.05) is 25.4 Å². The van der Waals surface area contributed by atoms with Gasteiger partial charge in [-0.05, 0) is 60.7 Å². The molecule has 2 amide bonds. The Morgan fingerprint density at radius 1 is 0.852 bits per heavy atom. The summed E-state index contributed by atoms with van der Waals surface area (Å²) in [5.74, 6) is 0.283. The number of carbonyl (C=O) groups excluding carboxylic acids is 2. The van der Waals surface area contributed by atoms with Gasteiger partial charge >= 0.3 is 0 Å². The zero-order chi connectivity index (χ0) is 19.4. The summed E-state index contributed by atoms with van der Waals surface area (Å²) in [7, 11) is 0. The van der Waals surface area contributed by atoms with Gasteiger partial charge in [0, 0.05) is 27.9 Å². The van der Waals surface area contributed by atoms with Gasteiger partial charge in [0.05, 0.1) is 0 Å². The van der Waals surface area contributed by atoms with Gasteiger partial charge < -0.3 is 15.1 Å². The molecule has 27 heavy (non-hydrogen) atoms. The van der Waals surface area contributed by atoms with Crippen molar-refractivity contribution in [2.45, 2.75) is 13.8 Å². The van der Waals surface area contributed by atoms with Crippen molar-refractivity contribution in [2.24, 2.45) is 5.92 Å². The molecule has 0 aliphatic heterocycles. The fourth-order valence-corrected chi connectivity index (χ4v) is 2.47. The Morgan fingerprint density at radius 2 is 1.44 bits per heavy atom. The number of hydrogen-bond acceptors (Lipinski definition) is 3. The van der Waals surface area contributed by atoms with Gasteiger partial charge in [-0.2, -0.15) is 0 Å². The van der Waals surface area contributed by atoms with E-state index >= 15 is 0 Å². The van der Waals surface area contributed by atoms with E-state index < -0.39 is 0 Å². The third kappa shape index (κ3) is 4.77. The number of anilines is 2. The van der Waals surface area contributed by atoms with Gasteiger partial charge in [0.25, 0.3) is 5.91 Å². The van der Waals surface area contributed by atoms with Crippen LogP contribution in [0, 0.1) is 5.92 Å². The Hall–Kier alpha value is -3.05. The zero-order valence-electron chi connectivity index (χ0n) is 15.0. The first-order chi connectivity index (χ1) is 12.9. The van der Waals surface area contributed by atoms with E-state index in [0.717, 1.165) is 5.56 Å². The van der Waals surface area contributed by atoms with Crippen LogP contribution in [0.4, 0.5) is 11.4 Å². The molecule has 0 unspecified atom stereocenters. The highest BCUT2D eigenvalue weighted by Gasteiger charge is 2.13. The summed E-state index contributed by atoms with van der Waals surface area (Å²) in [5.41, 5.74) is 2.12. The van der Waals surface area contributed by atoms with Crippen LogP contribution in [-0.2, 0) is 4.79 Å². The van der Waals surface area contributed by atoms with Crippen LogP contribution >= 0.6 is 11.6 Å². The maximum absolute atomic E-state index is 12.4. The summed E-state index contributed by atoms with van der Waals surface area (Å²) in [6.45, 7) is 3.65. The quantitative estimate of drug-likeness (QED) is 0.616. The zero-order valence-corrected chi connectivity index (χ0v) is 15.7. The molecule has 0 bridgehead atoms. The standard InChI is InChI=1S/C21H19ClN2O3/c1-13(2)20(25)23-16-7-9-17(10-8-16)24-21(26)19-12-11-18(27-19)14-3-5-15(22)6-4-14/h3-13H,1-2H3,(H,23,25)(H,24,26). The Bertz CT molecular complexity index is 944. The molecule has 138 valence electrons. The molecule has 6 heteroatoms. The number of furan rings is 1. The van der Waals surface area contributed by atoms with Gasteiger partial charge in [-0.15, -0.1) is 0 Å². The topological polar surface area (TPSA) is 71.3 Å². The molecule has 1 heterocycles. The summed E-state index contributed by atoms with van der Waals surface area (Å²) in [6, 6.07) is 17.4. The second-order valence-corrected chi connectivity index (χ2v) is 6.78. The van der Waals surface area contributed by atoms with Gasteiger partial charge in [-0.25, -0.2) is 0 Å². The molecule has 0 saturated carbocycles.